The number of Topliss-reactive ketones (excluding diaryl/α,β-unsaturated/α-hetero) is 1. The molecule has 0 radical (unpaired) electrons. The maximum absolute atomic E-state index is 14.8. The molecule has 2 aromatic carbocycles. The monoisotopic (exact) mass is 493 g/mol. The van der Waals surface area contributed by atoms with Gasteiger partial charge in [0.15, 0.2) is 17.4 Å². The van der Waals surface area contributed by atoms with Gasteiger partial charge in [0.1, 0.15) is 10.7 Å². The summed E-state index contributed by atoms with van der Waals surface area (Å²) < 4.78 is 49.9. The number of rotatable bonds is 6. The van der Waals surface area contributed by atoms with Crippen LogP contribution in [0.3, 0.4) is 0 Å². The maximum Gasteiger partial charge on any atom is 0.244 e. The lowest BCUT2D eigenvalue weighted by Gasteiger charge is -2.26. The van der Waals surface area contributed by atoms with E-state index in [1.807, 2.05) is 6.92 Å². The van der Waals surface area contributed by atoms with Crippen molar-refractivity contribution < 1.29 is 22.3 Å². The molecular formula is C21H21ClFN5O4S. The molecule has 9 nitrogen and oxygen atoms in total. The second kappa shape index (κ2) is 8.81. The number of tetrazole rings is 1. The van der Waals surface area contributed by atoms with E-state index in [9.17, 15) is 17.6 Å². The van der Waals surface area contributed by atoms with Crippen LogP contribution in [0.25, 0.3) is 0 Å². The van der Waals surface area contributed by atoms with Crippen LogP contribution < -0.4 is 9.46 Å². The number of ketones is 1. The van der Waals surface area contributed by atoms with Crippen LogP contribution in [0.2, 0.25) is 5.02 Å². The zero-order valence-corrected chi connectivity index (χ0v) is 19.6. The van der Waals surface area contributed by atoms with Gasteiger partial charge in [-0.3, -0.25) is 4.79 Å². The Morgan fingerprint density at radius 1 is 1.24 bits per heavy atom. The molecule has 2 N–H and O–H groups in total. The molecule has 2 unspecified atom stereocenters. The molecule has 0 amide bonds. The van der Waals surface area contributed by atoms with Crippen LogP contribution in [0.1, 0.15) is 58.2 Å². The molecule has 3 aromatic rings. The van der Waals surface area contributed by atoms with Crippen molar-refractivity contribution in [3.8, 4) is 5.75 Å². The number of fused-ring (bicyclic) bond motifs is 1. The third kappa shape index (κ3) is 4.23. The van der Waals surface area contributed by atoms with Gasteiger partial charge in [0.2, 0.25) is 10.0 Å². The Kier molecular flexibility index (Phi) is 6.21. The number of halogens is 2. The highest BCUT2D eigenvalue weighted by Gasteiger charge is 2.36. The van der Waals surface area contributed by atoms with Crippen molar-refractivity contribution in [2.45, 2.75) is 44.0 Å². The lowest BCUT2D eigenvalue weighted by Crippen LogP contribution is -2.34. The van der Waals surface area contributed by atoms with Gasteiger partial charge in [0.25, 0.3) is 0 Å². The number of sulfonamides is 1. The minimum Gasteiger partial charge on any atom is -0.491 e. The first-order valence-corrected chi connectivity index (χ1v) is 12.0. The van der Waals surface area contributed by atoms with Crippen LogP contribution in [-0.2, 0) is 10.0 Å². The third-order valence-corrected chi connectivity index (χ3v) is 7.60. The Bertz CT molecular complexity index is 1330. The number of nitrogens with zero attached hydrogens (tertiary/aromatic N) is 3. The van der Waals surface area contributed by atoms with Crippen LogP contribution in [0.15, 0.2) is 29.2 Å². The third-order valence-electron chi connectivity index (χ3n) is 5.82. The molecule has 2 heterocycles. The molecule has 0 saturated carbocycles. The van der Waals surface area contributed by atoms with E-state index in [1.165, 1.54) is 18.2 Å². The highest BCUT2D eigenvalue weighted by Crippen LogP contribution is 2.39. The molecule has 1 aliphatic heterocycles. The summed E-state index contributed by atoms with van der Waals surface area (Å²) in [5, 5.41) is 13.8. The summed E-state index contributed by atoms with van der Waals surface area (Å²) in [4.78, 5) is 12.1. The highest BCUT2D eigenvalue weighted by atomic mass is 35.5. The van der Waals surface area contributed by atoms with E-state index in [2.05, 4.69) is 25.3 Å². The summed E-state index contributed by atoms with van der Waals surface area (Å²) in [5.74, 6) is -1.56. The number of nitrogens with one attached hydrogen (secondary N) is 2. The Morgan fingerprint density at radius 2 is 2.00 bits per heavy atom. The highest BCUT2D eigenvalue weighted by molar-refractivity contribution is 7.89. The molecule has 4 rings (SSSR count). The fraction of sp³-hybridized carbons (Fsp3) is 0.333. The zero-order valence-electron chi connectivity index (χ0n) is 18.0. The summed E-state index contributed by atoms with van der Waals surface area (Å²) in [7, 11) is -4.29. The van der Waals surface area contributed by atoms with Crippen LogP contribution >= 0.6 is 11.6 Å². The molecule has 0 aliphatic carbocycles. The average Bonchev–Trinajstić information content (AvgIpc) is 3.29. The molecule has 0 fully saturated rings. The van der Waals surface area contributed by atoms with Crippen LogP contribution in [0.4, 0.5) is 4.39 Å². The number of H-pyrrole nitrogens is 1. The molecule has 2 atom stereocenters. The molecule has 0 saturated heterocycles. The predicted octanol–water partition coefficient (Wildman–Crippen LogP) is 3.40. The first kappa shape index (κ1) is 23.3. The van der Waals surface area contributed by atoms with Gasteiger partial charge in [-0.1, -0.05) is 29.8 Å². The van der Waals surface area contributed by atoms with Crippen LogP contribution in [0.5, 0.6) is 5.75 Å². The number of benzene rings is 2. The maximum atomic E-state index is 14.8. The van der Waals surface area contributed by atoms with Crippen molar-refractivity contribution in [3.63, 3.8) is 0 Å². The summed E-state index contributed by atoms with van der Waals surface area (Å²) >= 11 is 6.14. The Balaban J connectivity index is 1.80. The molecule has 174 valence electrons. The number of aromatic amines is 1. The van der Waals surface area contributed by atoms with Crippen molar-refractivity contribution in [2.24, 2.45) is 0 Å². The predicted molar refractivity (Wildman–Crippen MR) is 117 cm³/mol. The van der Waals surface area contributed by atoms with E-state index in [1.54, 1.807) is 19.9 Å². The van der Waals surface area contributed by atoms with Crippen molar-refractivity contribution in [1.82, 2.24) is 25.3 Å². The van der Waals surface area contributed by atoms with Crippen molar-refractivity contribution in [1.29, 1.82) is 0 Å². The molecule has 1 aromatic heterocycles. The number of hydrogen-bond donors (Lipinski definition) is 2. The molecule has 33 heavy (non-hydrogen) atoms. The second-order valence-electron chi connectivity index (χ2n) is 7.83. The first-order chi connectivity index (χ1) is 15.6. The number of hydrogen-bond acceptors (Lipinski definition) is 7. The Morgan fingerprint density at radius 3 is 2.70 bits per heavy atom. The summed E-state index contributed by atoms with van der Waals surface area (Å²) in [6, 6.07) is 4.51. The normalized spacial score (nSPS) is 15.6. The van der Waals surface area contributed by atoms with Gasteiger partial charge in [-0.2, -0.15) is 9.94 Å². The van der Waals surface area contributed by atoms with E-state index in [-0.39, 0.29) is 45.9 Å². The number of carbonyl (C=O) groups is 1. The first-order valence-electron chi connectivity index (χ1n) is 10.1. The molecular weight excluding hydrogens is 473 g/mol. The van der Waals surface area contributed by atoms with E-state index in [4.69, 9.17) is 16.3 Å². The van der Waals surface area contributed by atoms with E-state index in [0.717, 1.165) is 5.56 Å². The minimum atomic E-state index is -4.29. The lowest BCUT2D eigenvalue weighted by molar-refractivity contribution is 0.0931. The van der Waals surface area contributed by atoms with E-state index in [0.29, 0.717) is 11.1 Å². The summed E-state index contributed by atoms with van der Waals surface area (Å²) in [5.41, 5.74) is 1.90. The van der Waals surface area contributed by atoms with Crippen molar-refractivity contribution >= 4 is 27.4 Å². The number of aromatic nitrogens is 4. The largest absolute Gasteiger partial charge is 0.491 e. The number of ether oxygens (including phenoxy) is 1. The topological polar surface area (TPSA) is 127 Å². The fourth-order valence-electron chi connectivity index (χ4n) is 3.97. The van der Waals surface area contributed by atoms with Gasteiger partial charge < -0.3 is 4.74 Å². The second-order valence-corrected chi connectivity index (χ2v) is 9.92. The van der Waals surface area contributed by atoms with Crippen LogP contribution in [0, 0.1) is 19.7 Å². The molecule has 12 heteroatoms. The van der Waals surface area contributed by atoms with Gasteiger partial charge in [-0.05, 0) is 48.7 Å². The molecule has 0 bridgehead atoms. The molecule has 0 spiro atoms. The summed E-state index contributed by atoms with van der Waals surface area (Å²) in [6.45, 7) is 5.31. The Labute approximate surface area is 194 Å². The van der Waals surface area contributed by atoms with Crippen molar-refractivity contribution in [2.75, 3.05) is 6.61 Å². The lowest BCUT2D eigenvalue weighted by atomic mass is 9.88. The SMILES string of the molecule is Cc1ccc(F)c(C(C)C(NS(=O)(=O)c2ccc(Cl)c3c2OCCC3=O)c2nn[nH]n2)c1C. The van der Waals surface area contributed by atoms with Gasteiger partial charge in [-0.25, -0.2) is 12.8 Å². The standard InChI is InChI=1S/C21H21ClFN5O4S/c1-10-4-6-14(23)17(11(10)2)12(3)19(21-24-27-28-25-21)26-33(30,31)16-7-5-13(22)18-15(29)8-9-32-20(16)18/h4-7,12,19,26H,8-9H2,1-3H3,(H,24,25,27,28). The average molecular weight is 494 g/mol. The van der Waals surface area contributed by atoms with Gasteiger partial charge >= 0.3 is 0 Å². The molecule has 1 aliphatic rings. The van der Waals surface area contributed by atoms with Gasteiger partial charge in [0, 0.05) is 12.3 Å². The number of aryl methyl sites for hydroxylation is 1. The smallest absolute Gasteiger partial charge is 0.244 e. The Hall–Kier alpha value is -2.89. The summed E-state index contributed by atoms with van der Waals surface area (Å²) in [6.07, 6.45) is 0.0953. The van der Waals surface area contributed by atoms with Crippen LogP contribution in [-0.4, -0.2) is 41.4 Å². The minimum absolute atomic E-state index is 0.0236. The number of carbonyl (C=O) groups excluding carboxylic acids is 1. The van der Waals surface area contributed by atoms with E-state index < -0.39 is 27.8 Å². The van der Waals surface area contributed by atoms with Gasteiger partial charge in [0.05, 0.1) is 23.2 Å². The van der Waals surface area contributed by atoms with Gasteiger partial charge in [-0.15, -0.1) is 10.2 Å². The quantitative estimate of drug-likeness (QED) is 0.538. The fourth-order valence-corrected chi connectivity index (χ4v) is 5.64. The van der Waals surface area contributed by atoms with Crippen molar-refractivity contribution in [3.05, 3.63) is 63.2 Å². The zero-order chi connectivity index (χ0) is 23.9. The van der Waals surface area contributed by atoms with E-state index >= 15 is 0 Å².